The molecule has 2 aromatic heterocycles. The van der Waals surface area contributed by atoms with Crippen LogP contribution < -0.4 is 20.9 Å². The van der Waals surface area contributed by atoms with E-state index in [2.05, 4.69) is 15.6 Å². The summed E-state index contributed by atoms with van der Waals surface area (Å²) in [5, 5.41) is 6.16. The first-order chi connectivity index (χ1) is 22.1. The Labute approximate surface area is 270 Å². The van der Waals surface area contributed by atoms with Gasteiger partial charge in [0.25, 0.3) is 5.56 Å². The second-order valence-corrected chi connectivity index (χ2v) is 12.9. The highest BCUT2D eigenvalue weighted by molar-refractivity contribution is 7.14. The lowest BCUT2D eigenvalue weighted by Gasteiger charge is -2.38. The fourth-order valence-electron chi connectivity index (χ4n) is 6.14. The van der Waals surface area contributed by atoms with Crippen molar-refractivity contribution in [2.24, 2.45) is 7.05 Å². The molecule has 0 spiro atoms. The summed E-state index contributed by atoms with van der Waals surface area (Å²) in [6.45, 7) is 5.82. The standard InChI is InChI=1S/C34H37FN6O4S/c1-5-41-17-16-39(3)30(32(41)42)21-10-12-23(13-11-21)36-31-33(43)40(4)19-26(37-31)24-14-15-25(35)29(20(24)2)38-34(44)45-28-18-22-8-6-7-9-27(22)46-28/h10-15,18-19,30H,5-9,16-17H2,1-4H3,(H,36,37)(H,38,44). The first-order valence-corrected chi connectivity index (χ1v) is 16.3. The van der Waals surface area contributed by atoms with Crippen molar-refractivity contribution >= 4 is 40.5 Å². The first-order valence-electron chi connectivity index (χ1n) is 15.5. The molecule has 46 heavy (non-hydrogen) atoms. The highest BCUT2D eigenvalue weighted by Crippen LogP contribution is 2.35. The third kappa shape index (κ3) is 6.27. The highest BCUT2D eigenvalue weighted by atomic mass is 32.1. The Bertz CT molecular complexity index is 1830. The van der Waals surface area contributed by atoms with Gasteiger partial charge in [0, 0.05) is 49.0 Å². The number of anilines is 3. The molecule has 12 heteroatoms. The van der Waals surface area contributed by atoms with E-state index in [1.807, 2.05) is 54.1 Å². The summed E-state index contributed by atoms with van der Waals surface area (Å²) in [7, 11) is 3.56. The molecule has 0 saturated carbocycles. The van der Waals surface area contributed by atoms with E-state index in [1.54, 1.807) is 26.2 Å². The average Bonchev–Trinajstić information content (AvgIpc) is 3.44. The van der Waals surface area contributed by atoms with Gasteiger partial charge in [0.15, 0.2) is 10.9 Å². The zero-order valence-corrected chi connectivity index (χ0v) is 27.2. The van der Waals surface area contributed by atoms with Gasteiger partial charge >= 0.3 is 6.09 Å². The van der Waals surface area contributed by atoms with E-state index in [9.17, 15) is 14.4 Å². The van der Waals surface area contributed by atoms with Crippen LogP contribution in [0.2, 0.25) is 0 Å². The minimum atomic E-state index is -0.777. The summed E-state index contributed by atoms with van der Waals surface area (Å²) in [6, 6.07) is 11.7. The van der Waals surface area contributed by atoms with Gasteiger partial charge in [-0.05, 0) is 93.6 Å². The molecule has 0 radical (unpaired) electrons. The van der Waals surface area contributed by atoms with Crippen molar-refractivity contribution < 1.29 is 18.7 Å². The molecule has 2 aromatic carbocycles. The highest BCUT2D eigenvalue weighted by Gasteiger charge is 2.33. The lowest BCUT2D eigenvalue weighted by Crippen LogP contribution is -2.50. The number of halogens is 1. The van der Waals surface area contributed by atoms with Crippen molar-refractivity contribution in [2.45, 2.75) is 45.6 Å². The number of nitrogens with one attached hydrogen (secondary N) is 2. The number of benzene rings is 2. The number of aryl methyl sites for hydroxylation is 3. The summed E-state index contributed by atoms with van der Waals surface area (Å²) in [5.41, 5.74) is 3.71. The quantitative estimate of drug-likeness (QED) is 0.253. The number of aromatic nitrogens is 2. The van der Waals surface area contributed by atoms with Gasteiger partial charge in [-0.25, -0.2) is 14.2 Å². The number of nitrogens with zero attached hydrogens (tertiary/aromatic N) is 4. The number of carbonyl (C=O) groups is 2. The van der Waals surface area contributed by atoms with Gasteiger partial charge in [0.1, 0.15) is 11.9 Å². The maximum atomic E-state index is 15.0. The molecule has 1 atom stereocenters. The molecule has 3 heterocycles. The van der Waals surface area contributed by atoms with Crippen LogP contribution in [0.25, 0.3) is 11.3 Å². The smallest absolute Gasteiger partial charge is 0.399 e. The van der Waals surface area contributed by atoms with Gasteiger partial charge in [0.2, 0.25) is 5.91 Å². The van der Waals surface area contributed by atoms with E-state index in [0.29, 0.717) is 40.7 Å². The van der Waals surface area contributed by atoms with E-state index in [0.717, 1.165) is 37.8 Å². The van der Waals surface area contributed by atoms with Crippen molar-refractivity contribution in [1.29, 1.82) is 0 Å². The van der Waals surface area contributed by atoms with Crippen molar-refractivity contribution in [3.05, 3.63) is 86.4 Å². The molecule has 1 fully saturated rings. The molecular formula is C34H37FN6O4S. The largest absolute Gasteiger partial charge is 0.417 e. The summed E-state index contributed by atoms with van der Waals surface area (Å²) in [6.07, 6.45) is 4.98. The normalized spacial score (nSPS) is 16.7. The predicted molar refractivity (Wildman–Crippen MR) is 178 cm³/mol. The zero-order chi connectivity index (χ0) is 32.5. The van der Waals surface area contributed by atoms with Crippen LogP contribution in [-0.2, 0) is 24.7 Å². The van der Waals surface area contributed by atoms with Crippen molar-refractivity contribution in [1.82, 2.24) is 19.4 Å². The van der Waals surface area contributed by atoms with Gasteiger partial charge in [0.05, 0.1) is 11.4 Å². The first kappa shape index (κ1) is 31.4. The third-order valence-electron chi connectivity index (χ3n) is 8.74. The van der Waals surface area contributed by atoms with Crippen LogP contribution in [0.3, 0.4) is 0 Å². The van der Waals surface area contributed by atoms with Crippen LogP contribution in [0.15, 0.2) is 53.5 Å². The summed E-state index contributed by atoms with van der Waals surface area (Å²) >= 11 is 1.45. The number of thiophene rings is 1. The number of ether oxygens (including phenoxy) is 1. The number of fused-ring (bicyclic) bond motifs is 1. The van der Waals surface area contributed by atoms with Crippen LogP contribution in [0, 0.1) is 12.7 Å². The van der Waals surface area contributed by atoms with E-state index >= 15 is 4.39 Å². The lowest BCUT2D eigenvalue weighted by molar-refractivity contribution is -0.140. The second kappa shape index (κ2) is 13.1. The fourth-order valence-corrected chi connectivity index (χ4v) is 7.24. The molecule has 0 bridgehead atoms. The minimum absolute atomic E-state index is 0.0200. The Balaban J connectivity index is 1.22. The molecule has 10 nitrogen and oxygen atoms in total. The molecule has 1 aliphatic heterocycles. The summed E-state index contributed by atoms with van der Waals surface area (Å²) in [5.74, 6) is -0.464. The zero-order valence-electron chi connectivity index (χ0n) is 26.4. The number of hydrogen-bond donors (Lipinski definition) is 2. The summed E-state index contributed by atoms with van der Waals surface area (Å²) in [4.78, 5) is 48.6. The van der Waals surface area contributed by atoms with Crippen LogP contribution in [0.1, 0.15) is 47.4 Å². The van der Waals surface area contributed by atoms with Crippen molar-refractivity contribution in [2.75, 3.05) is 37.3 Å². The molecule has 2 aliphatic rings. The minimum Gasteiger partial charge on any atom is -0.399 e. The Morgan fingerprint density at radius 1 is 1.09 bits per heavy atom. The Kier molecular flexibility index (Phi) is 8.92. The maximum Gasteiger partial charge on any atom is 0.417 e. The molecule has 2 amide bonds. The SMILES string of the molecule is CCN1CCN(C)C(c2ccc(Nc3nc(-c4ccc(F)c(NC(=O)Oc5cc6c(s5)CCCC6)c4C)cn(C)c3=O)cc2)C1=O. The number of piperazine rings is 1. The van der Waals surface area contributed by atoms with Crippen molar-refractivity contribution in [3.63, 3.8) is 0 Å². The second-order valence-electron chi connectivity index (χ2n) is 11.8. The number of rotatable bonds is 7. The van der Waals surface area contributed by atoms with E-state index < -0.39 is 11.9 Å². The van der Waals surface area contributed by atoms with Crippen LogP contribution in [0.4, 0.5) is 26.4 Å². The predicted octanol–water partition coefficient (Wildman–Crippen LogP) is 6.02. The molecule has 2 N–H and O–H groups in total. The van der Waals surface area contributed by atoms with E-state index in [1.165, 1.54) is 32.4 Å². The average molecular weight is 645 g/mol. The number of amides is 2. The van der Waals surface area contributed by atoms with Gasteiger partial charge in [-0.3, -0.25) is 19.8 Å². The molecule has 6 rings (SSSR count). The van der Waals surface area contributed by atoms with E-state index in [-0.39, 0.29) is 29.0 Å². The number of carbonyl (C=O) groups excluding carboxylic acids is 2. The summed E-state index contributed by atoms with van der Waals surface area (Å²) < 4.78 is 21.9. The number of likely N-dealkylation sites (N-methyl/N-ethyl adjacent to an activating group) is 2. The van der Waals surface area contributed by atoms with Gasteiger partial charge in [-0.2, -0.15) is 0 Å². The topological polar surface area (TPSA) is 109 Å². The maximum absolute atomic E-state index is 15.0. The van der Waals surface area contributed by atoms with Gasteiger partial charge < -0.3 is 19.5 Å². The van der Waals surface area contributed by atoms with Gasteiger partial charge in [-0.1, -0.05) is 12.1 Å². The van der Waals surface area contributed by atoms with Gasteiger partial charge in [-0.15, -0.1) is 11.3 Å². The molecular weight excluding hydrogens is 607 g/mol. The molecule has 1 aliphatic carbocycles. The lowest BCUT2D eigenvalue weighted by atomic mass is 10.00. The number of hydrogen-bond acceptors (Lipinski definition) is 8. The van der Waals surface area contributed by atoms with Crippen LogP contribution in [0.5, 0.6) is 5.06 Å². The van der Waals surface area contributed by atoms with E-state index in [4.69, 9.17) is 4.74 Å². The molecule has 4 aromatic rings. The van der Waals surface area contributed by atoms with Crippen LogP contribution >= 0.6 is 11.3 Å². The fraction of sp³-hybridized carbons (Fsp3) is 0.353. The Morgan fingerprint density at radius 2 is 1.85 bits per heavy atom. The molecule has 240 valence electrons. The van der Waals surface area contributed by atoms with Crippen LogP contribution in [-0.4, -0.2) is 58.0 Å². The van der Waals surface area contributed by atoms with Crippen molar-refractivity contribution in [3.8, 4) is 16.3 Å². The molecule has 1 saturated heterocycles. The Morgan fingerprint density at radius 3 is 2.59 bits per heavy atom. The molecule has 1 unspecified atom stereocenters. The third-order valence-corrected chi connectivity index (χ3v) is 9.85. The monoisotopic (exact) mass is 644 g/mol. The Hall–Kier alpha value is -4.55.